The maximum Gasteiger partial charge on any atom is 0.243 e. The standard InChI is InChI=1S/C24H29NO8/c1-15(23(27)17-13-20(30-3)24(32-5)21(14-17)31-4)11-16-8-9-18(29-2)19(12-16)33-10-6-7-22(26)25-28/h8-9,11-14,28H,6-7,10H2,1-5H3,(H,25,26)/b15-11+. The van der Waals surface area contributed by atoms with Crippen LogP contribution in [0.5, 0.6) is 28.7 Å². The summed E-state index contributed by atoms with van der Waals surface area (Å²) >= 11 is 0. The zero-order chi connectivity index (χ0) is 24.4. The number of rotatable bonds is 12. The van der Waals surface area contributed by atoms with E-state index in [0.29, 0.717) is 46.3 Å². The summed E-state index contributed by atoms with van der Waals surface area (Å²) in [6.07, 6.45) is 2.27. The lowest BCUT2D eigenvalue weighted by Crippen LogP contribution is -2.18. The molecule has 2 aromatic rings. The smallest absolute Gasteiger partial charge is 0.243 e. The minimum Gasteiger partial charge on any atom is -0.493 e. The molecule has 0 aliphatic rings. The Labute approximate surface area is 192 Å². The average molecular weight is 459 g/mol. The molecule has 0 aliphatic carbocycles. The number of Topliss-reactive ketones (excluding diaryl/α,β-unsaturated/α-hetero) is 1. The fourth-order valence-electron chi connectivity index (χ4n) is 3.12. The molecule has 2 aromatic carbocycles. The van der Waals surface area contributed by atoms with Gasteiger partial charge in [0.15, 0.2) is 28.8 Å². The van der Waals surface area contributed by atoms with E-state index in [2.05, 4.69) is 0 Å². The monoisotopic (exact) mass is 459 g/mol. The summed E-state index contributed by atoms with van der Waals surface area (Å²) < 4.78 is 27.0. The van der Waals surface area contributed by atoms with Gasteiger partial charge < -0.3 is 23.7 Å². The molecule has 0 bridgehead atoms. The highest BCUT2D eigenvalue weighted by Gasteiger charge is 2.18. The number of carbonyl (C=O) groups is 2. The Morgan fingerprint density at radius 3 is 2.09 bits per heavy atom. The highest BCUT2D eigenvalue weighted by atomic mass is 16.5. The second kappa shape index (κ2) is 12.4. The molecule has 0 saturated heterocycles. The Balaban J connectivity index is 2.25. The van der Waals surface area contributed by atoms with Crippen LogP contribution >= 0.6 is 0 Å². The first kappa shape index (κ1) is 25.5. The van der Waals surface area contributed by atoms with Gasteiger partial charge in [-0.15, -0.1) is 0 Å². The van der Waals surface area contributed by atoms with Gasteiger partial charge in [-0.05, 0) is 54.8 Å². The SMILES string of the molecule is COc1ccc(/C=C(\C)C(=O)c2cc(OC)c(OC)c(OC)c2)cc1OCCCC(=O)NO. The van der Waals surface area contributed by atoms with E-state index >= 15 is 0 Å². The number of hydroxylamine groups is 1. The van der Waals surface area contributed by atoms with Gasteiger partial charge in [-0.2, -0.15) is 0 Å². The molecule has 9 nitrogen and oxygen atoms in total. The van der Waals surface area contributed by atoms with Gasteiger partial charge in [0, 0.05) is 12.0 Å². The van der Waals surface area contributed by atoms with Crippen LogP contribution < -0.4 is 29.2 Å². The van der Waals surface area contributed by atoms with Gasteiger partial charge in [0.05, 0.1) is 35.0 Å². The van der Waals surface area contributed by atoms with E-state index in [1.165, 1.54) is 28.4 Å². The van der Waals surface area contributed by atoms with Crippen molar-refractivity contribution in [1.82, 2.24) is 5.48 Å². The van der Waals surface area contributed by atoms with Crippen molar-refractivity contribution in [1.29, 1.82) is 0 Å². The topological polar surface area (TPSA) is 113 Å². The normalized spacial score (nSPS) is 10.9. The van der Waals surface area contributed by atoms with Gasteiger partial charge in [0.1, 0.15) is 0 Å². The number of hydrogen-bond donors (Lipinski definition) is 2. The van der Waals surface area contributed by atoms with Crippen LogP contribution in [-0.4, -0.2) is 51.9 Å². The first-order valence-electron chi connectivity index (χ1n) is 10.1. The third kappa shape index (κ3) is 6.63. The summed E-state index contributed by atoms with van der Waals surface area (Å²) in [4.78, 5) is 24.2. The molecule has 33 heavy (non-hydrogen) atoms. The number of carbonyl (C=O) groups excluding carboxylic acids is 2. The van der Waals surface area contributed by atoms with Crippen molar-refractivity contribution in [3.8, 4) is 28.7 Å². The molecular weight excluding hydrogens is 430 g/mol. The molecule has 2 N–H and O–H groups in total. The van der Waals surface area contributed by atoms with Crippen molar-refractivity contribution < 1.29 is 38.5 Å². The van der Waals surface area contributed by atoms with Crippen molar-refractivity contribution in [3.63, 3.8) is 0 Å². The fourth-order valence-corrected chi connectivity index (χ4v) is 3.12. The summed E-state index contributed by atoms with van der Waals surface area (Å²) in [5, 5.41) is 8.55. The van der Waals surface area contributed by atoms with Gasteiger partial charge in [-0.3, -0.25) is 14.8 Å². The number of amides is 1. The highest BCUT2D eigenvalue weighted by molar-refractivity contribution is 6.11. The molecule has 0 heterocycles. The van der Waals surface area contributed by atoms with Crippen molar-refractivity contribution in [2.75, 3.05) is 35.0 Å². The van der Waals surface area contributed by atoms with Gasteiger partial charge in [0.2, 0.25) is 11.7 Å². The predicted molar refractivity (Wildman–Crippen MR) is 122 cm³/mol. The van der Waals surface area contributed by atoms with Gasteiger partial charge in [-0.25, -0.2) is 5.48 Å². The second-order valence-corrected chi connectivity index (χ2v) is 6.97. The number of benzene rings is 2. The number of hydrogen-bond acceptors (Lipinski definition) is 8. The molecule has 0 unspecified atom stereocenters. The summed E-state index contributed by atoms with van der Waals surface area (Å²) in [7, 11) is 6.00. The molecule has 0 saturated carbocycles. The van der Waals surface area contributed by atoms with Crippen molar-refractivity contribution in [2.45, 2.75) is 19.8 Å². The average Bonchev–Trinajstić information content (AvgIpc) is 2.84. The molecule has 9 heteroatoms. The van der Waals surface area contributed by atoms with E-state index in [-0.39, 0.29) is 18.8 Å². The van der Waals surface area contributed by atoms with Gasteiger partial charge >= 0.3 is 0 Å². The minimum absolute atomic E-state index is 0.126. The van der Waals surface area contributed by atoms with Gasteiger partial charge in [0.25, 0.3) is 0 Å². The van der Waals surface area contributed by atoms with Gasteiger partial charge in [-0.1, -0.05) is 6.07 Å². The Kier molecular flexibility index (Phi) is 9.56. The number of ketones is 1. The summed E-state index contributed by atoms with van der Waals surface area (Å²) in [5.41, 5.74) is 3.19. The Morgan fingerprint density at radius 1 is 0.909 bits per heavy atom. The minimum atomic E-state index is -0.483. The van der Waals surface area contributed by atoms with Crippen LogP contribution in [0.25, 0.3) is 6.08 Å². The first-order chi connectivity index (χ1) is 15.9. The lowest BCUT2D eigenvalue weighted by atomic mass is 10.0. The Hall–Kier alpha value is -3.72. The first-order valence-corrected chi connectivity index (χ1v) is 10.1. The number of ether oxygens (including phenoxy) is 5. The van der Waals surface area contributed by atoms with Crippen LogP contribution in [-0.2, 0) is 4.79 Å². The van der Waals surface area contributed by atoms with E-state index in [1.807, 2.05) is 0 Å². The number of methoxy groups -OCH3 is 4. The maximum atomic E-state index is 13.1. The van der Waals surface area contributed by atoms with E-state index in [9.17, 15) is 9.59 Å². The van der Waals surface area contributed by atoms with E-state index in [1.54, 1.807) is 48.8 Å². The summed E-state index contributed by atoms with van der Waals surface area (Å²) in [6.45, 7) is 1.96. The molecule has 1 amide bonds. The lowest BCUT2D eigenvalue weighted by molar-refractivity contribution is -0.129. The Bertz CT molecular complexity index is 991. The molecule has 0 spiro atoms. The second-order valence-electron chi connectivity index (χ2n) is 6.97. The van der Waals surface area contributed by atoms with Crippen LogP contribution in [0.15, 0.2) is 35.9 Å². The lowest BCUT2D eigenvalue weighted by Gasteiger charge is -2.14. The van der Waals surface area contributed by atoms with Crippen LogP contribution in [0.2, 0.25) is 0 Å². The van der Waals surface area contributed by atoms with Crippen molar-refractivity contribution in [3.05, 3.63) is 47.0 Å². The third-order valence-corrected chi connectivity index (χ3v) is 4.79. The van der Waals surface area contributed by atoms with Crippen molar-refractivity contribution in [2.24, 2.45) is 0 Å². The predicted octanol–water partition coefficient (Wildman–Crippen LogP) is 3.67. The largest absolute Gasteiger partial charge is 0.493 e. The third-order valence-electron chi connectivity index (χ3n) is 4.79. The molecule has 0 radical (unpaired) electrons. The zero-order valence-corrected chi connectivity index (χ0v) is 19.4. The zero-order valence-electron chi connectivity index (χ0n) is 19.4. The number of allylic oxidation sites excluding steroid dienone is 1. The molecule has 178 valence electrons. The van der Waals surface area contributed by atoms with Crippen LogP contribution in [0.3, 0.4) is 0 Å². The molecular formula is C24H29NO8. The molecule has 2 rings (SSSR count). The van der Waals surface area contributed by atoms with E-state index in [0.717, 1.165) is 5.56 Å². The van der Waals surface area contributed by atoms with Crippen LogP contribution in [0.1, 0.15) is 35.7 Å². The van der Waals surface area contributed by atoms with Crippen LogP contribution in [0.4, 0.5) is 0 Å². The molecule has 0 aliphatic heterocycles. The van der Waals surface area contributed by atoms with Crippen LogP contribution in [0, 0.1) is 0 Å². The maximum absolute atomic E-state index is 13.1. The summed E-state index contributed by atoms with van der Waals surface area (Å²) in [5.74, 6) is 1.50. The summed E-state index contributed by atoms with van der Waals surface area (Å²) in [6, 6.07) is 8.49. The quantitative estimate of drug-likeness (QED) is 0.163. The van der Waals surface area contributed by atoms with E-state index in [4.69, 9.17) is 28.9 Å². The molecule has 0 aromatic heterocycles. The molecule has 0 fully saturated rings. The van der Waals surface area contributed by atoms with Crippen molar-refractivity contribution >= 4 is 17.8 Å². The fraction of sp³-hybridized carbons (Fsp3) is 0.333. The number of nitrogens with one attached hydrogen (secondary N) is 1. The highest BCUT2D eigenvalue weighted by Crippen LogP contribution is 2.39. The Morgan fingerprint density at radius 2 is 1.55 bits per heavy atom. The van der Waals surface area contributed by atoms with E-state index < -0.39 is 5.91 Å². The molecule has 0 atom stereocenters.